The molecule has 2 amide bonds. The van der Waals surface area contributed by atoms with Crippen LogP contribution in [0.4, 0.5) is 5.69 Å². The quantitative estimate of drug-likeness (QED) is 0.595. The van der Waals surface area contributed by atoms with Crippen molar-refractivity contribution in [2.24, 2.45) is 35.5 Å². The zero-order chi connectivity index (χ0) is 21.3. The van der Waals surface area contributed by atoms with Crippen molar-refractivity contribution in [2.75, 3.05) is 11.5 Å². The molecule has 6 unspecified atom stereocenters. The monoisotopic (exact) mass is 417 g/mol. The van der Waals surface area contributed by atoms with Gasteiger partial charge in [-0.25, -0.2) is 0 Å². The molecule has 4 aliphatic carbocycles. The lowest BCUT2D eigenvalue weighted by atomic mass is 9.59. The van der Waals surface area contributed by atoms with Gasteiger partial charge in [-0.3, -0.25) is 19.3 Å². The molecule has 2 aromatic rings. The van der Waals surface area contributed by atoms with E-state index < -0.39 is 0 Å². The Kier molecular flexibility index (Phi) is 4.01. The number of phenolic OH excluding ortho intramolecular Hbond substituents is 1. The van der Waals surface area contributed by atoms with Gasteiger partial charge in [0.2, 0.25) is 11.8 Å². The van der Waals surface area contributed by atoms with Crippen molar-refractivity contribution in [3.05, 3.63) is 54.1 Å². The Balaban J connectivity index is 1.16. The number of phenols is 1. The van der Waals surface area contributed by atoms with Crippen LogP contribution in [-0.2, 0) is 9.59 Å². The minimum Gasteiger partial charge on any atom is -0.508 e. The van der Waals surface area contributed by atoms with Crippen LogP contribution in [0.1, 0.15) is 29.6 Å². The number of hydrogen-bond donors (Lipinski definition) is 1. The predicted octanol–water partition coefficient (Wildman–Crippen LogP) is 3.44. The SMILES string of the molecule is O=C(COc1ccc(N2C(=O)C3C4CCC(C5CC54)C3C2=O)cc1)c1cccc(O)c1. The Hall–Kier alpha value is -3.15. The maximum absolute atomic E-state index is 13.2. The number of rotatable bonds is 5. The Morgan fingerprint density at radius 2 is 1.58 bits per heavy atom. The lowest BCUT2D eigenvalue weighted by Crippen LogP contribution is -2.43. The van der Waals surface area contributed by atoms with Crippen molar-refractivity contribution in [2.45, 2.75) is 19.3 Å². The van der Waals surface area contributed by atoms with Gasteiger partial charge in [-0.1, -0.05) is 12.1 Å². The molecule has 1 heterocycles. The van der Waals surface area contributed by atoms with Gasteiger partial charge in [0.05, 0.1) is 17.5 Å². The molecule has 1 saturated heterocycles. The first-order valence-corrected chi connectivity index (χ1v) is 11.0. The number of ether oxygens (including phenoxy) is 1. The van der Waals surface area contributed by atoms with Crippen molar-refractivity contribution in [1.29, 1.82) is 0 Å². The molecule has 5 fully saturated rings. The summed E-state index contributed by atoms with van der Waals surface area (Å²) in [5.74, 6) is 2.01. The van der Waals surface area contributed by atoms with E-state index in [1.807, 2.05) is 0 Å². The molecule has 4 saturated carbocycles. The maximum Gasteiger partial charge on any atom is 0.237 e. The zero-order valence-corrected chi connectivity index (χ0v) is 16.9. The molecule has 1 N–H and O–H groups in total. The van der Waals surface area contributed by atoms with E-state index >= 15 is 0 Å². The van der Waals surface area contributed by atoms with Crippen molar-refractivity contribution < 1.29 is 24.2 Å². The molecule has 6 nitrogen and oxygen atoms in total. The molecular formula is C25H23NO5. The molecule has 0 spiro atoms. The van der Waals surface area contributed by atoms with Crippen LogP contribution in [0.3, 0.4) is 0 Å². The fourth-order valence-corrected chi connectivity index (χ4v) is 6.40. The van der Waals surface area contributed by atoms with Crippen LogP contribution in [0.25, 0.3) is 0 Å². The van der Waals surface area contributed by atoms with Gasteiger partial charge < -0.3 is 9.84 Å². The number of benzene rings is 2. The first kappa shape index (κ1) is 18.6. The van der Waals surface area contributed by atoms with Gasteiger partial charge >= 0.3 is 0 Å². The fourth-order valence-electron chi connectivity index (χ4n) is 6.40. The Morgan fingerprint density at radius 3 is 2.19 bits per heavy atom. The summed E-state index contributed by atoms with van der Waals surface area (Å²) in [7, 11) is 0. The largest absolute Gasteiger partial charge is 0.508 e. The van der Waals surface area contributed by atoms with E-state index in [0.29, 0.717) is 40.7 Å². The van der Waals surface area contributed by atoms with Gasteiger partial charge in [-0.2, -0.15) is 0 Å². The Bertz CT molecular complexity index is 1060. The van der Waals surface area contributed by atoms with Gasteiger partial charge in [0.15, 0.2) is 12.4 Å². The second-order valence-electron chi connectivity index (χ2n) is 9.29. The minimum atomic E-state index is -0.247. The minimum absolute atomic E-state index is 0.0291. The molecule has 31 heavy (non-hydrogen) atoms. The zero-order valence-electron chi connectivity index (χ0n) is 16.9. The van der Waals surface area contributed by atoms with Crippen LogP contribution in [-0.4, -0.2) is 29.3 Å². The van der Waals surface area contributed by atoms with Crippen LogP contribution in [0.2, 0.25) is 0 Å². The van der Waals surface area contributed by atoms with E-state index in [-0.39, 0.29) is 41.8 Å². The number of amides is 2. The molecule has 0 radical (unpaired) electrons. The number of anilines is 1. The number of Topliss-reactive ketones (excluding diaryl/α,β-unsaturated/α-hetero) is 1. The number of aromatic hydroxyl groups is 1. The molecule has 2 aromatic carbocycles. The third-order valence-corrected chi connectivity index (χ3v) is 7.78. The number of hydrogen-bond acceptors (Lipinski definition) is 5. The molecule has 6 atom stereocenters. The van der Waals surface area contributed by atoms with Crippen LogP contribution in [0.5, 0.6) is 11.5 Å². The third-order valence-electron chi connectivity index (χ3n) is 7.78. The van der Waals surface area contributed by atoms with E-state index in [1.165, 1.54) is 23.5 Å². The van der Waals surface area contributed by atoms with Gasteiger partial charge in [0.25, 0.3) is 0 Å². The summed E-state index contributed by atoms with van der Waals surface area (Å²) < 4.78 is 5.57. The van der Waals surface area contributed by atoms with Gasteiger partial charge in [0, 0.05) is 5.56 Å². The lowest BCUT2D eigenvalue weighted by Gasteiger charge is -2.42. The molecule has 7 rings (SSSR count). The van der Waals surface area contributed by atoms with E-state index in [1.54, 1.807) is 36.4 Å². The predicted molar refractivity (Wildman–Crippen MR) is 112 cm³/mol. The fraction of sp³-hybridized carbons (Fsp3) is 0.400. The summed E-state index contributed by atoms with van der Waals surface area (Å²) in [6.07, 6.45) is 3.37. The van der Waals surface area contributed by atoms with Crippen LogP contribution in [0, 0.1) is 35.5 Å². The lowest BCUT2D eigenvalue weighted by molar-refractivity contribution is -0.129. The summed E-state index contributed by atoms with van der Waals surface area (Å²) in [5, 5.41) is 9.50. The number of carbonyl (C=O) groups is 3. The molecule has 158 valence electrons. The van der Waals surface area contributed by atoms with Crippen molar-refractivity contribution in [3.63, 3.8) is 0 Å². The van der Waals surface area contributed by atoms with Gasteiger partial charge in [-0.15, -0.1) is 0 Å². The second kappa shape index (κ2) is 6.67. The number of carbonyl (C=O) groups excluding carboxylic acids is 3. The van der Waals surface area contributed by atoms with Crippen molar-refractivity contribution in [1.82, 2.24) is 0 Å². The first-order chi connectivity index (χ1) is 15.0. The average molecular weight is 417 g/mol. The van der Waals surface area contributed by atoms with Crippen molar-refractivity contribution >= 4 is 23.3 Å². The van der Waals surface area contributed by atoms with Gasteiger partial charge in [-0.05, 0) is 79.3 Å². The third kappa shape index (κ3) is 2.81. The second-order valence-corrected chi connectivity index (χ2v) is 9.29. The van der Waals surface area contributed by atoms with E-state index in [9.17, 15) is 19.5 Å². The molecule has 1 aliphatic heterocycles. The first-order valence-electron chi connectivity index (χ1n) is 11.0. The highest BCUT2D eigenvalue weighted by Crippen LogP contribution is 2.68. The molecule has 2 bridgehead atoms. The maximum atomic E-state index is 13.2. The van der Waals surface area contributed by atoms with Crippen molar-refractivity contribution in [3.8, 4) is 11.5 Å². The van der Waals surface area contributed by atoms with Crippen LogP contribution >= 0.6 is 0 Å². The molecule has 5 aliphatic rings. The van der Waals surface area contributed by atoms with Crippen LogP contribution in [0.15, 0.2) is 48.5 Å². The van der Waals surface area contributed by atoms with E-state index in [4.69, 9.17) is 4.74 Å². The summed E-state index contributed by atoms with van der Waals surface area (Å²) in [6, 6.07) is 12.9. The Labute approximate surface area is 179 Å². The normalized spacial score (nSPS) is 32.6. The number of ketones is 1. The summed E-state index contributed by atoms with van der Waals surface area (Å²) in [5.41, 5.74) is 0.948. The van der Waals surface area contributed by atoms with E-state index in [2.05, 4.69) is 0 Å². The number of nitrogens with zero attached hydrogens (tertiary/aromatic N) is 1. The highest BCUT2D eigenvalue weighted by Gasteiger charge is 2.68. The topological polar surface area (TPSA) is 83.9 Å². The summed E-state index contributed by atoms with van der Waals surface area (Å²) in [6.45, 7) is -0.166. The molecular weight excluding hydrogens is 394 g/mol. The average Bonchev–Trinajstić information content (AvgIpc) is 3.56. The number of imide groups is 1. The van der Waals surface area contributed by atoms with E-state index in [0.717, 1.165) is 12.8 Å². The summed E-state index contributed by atoms with van der Waals surface area (Å²) in [4.78, 5) is 40.0. The molecule has 0 aromatic heterocycles. The highest BCUT2D eigenvalue weighted by molar-refractivity contribution is 6.22. The molecule has 6 heteroatoms. The highest BCUT2D eigenvalue weighted by atomic mass is 16.5. The van der Waals surface area contributed by atoms with Gasteiger partial charge in [0.1, 0.15) is 11.5 Å². The number of fused-ring (bicyclic) bond motifs is 1. The Morgan fingerprint density at radius 1 is 0.935 bits per heavy atom. The standard InChI is InChI=1S/C25H23NO5/c27-15-3-1-2-13(10-15)21(28)12-31-16-6-4-14(5-7-16)26-24(29)22-17-8-9-18(20-11-19(17)20)23(22)25(26)30/h1-7,10,17-20,22-23,27H,8-9,11-12H2. The summed E-state index contributed by atoms with van der Waals surface area (Å²) >= 11 is 0. The smallest absolute Gasteiger partial charge is 0.237 e. The van der Waals surface area contributed by atoms with Crippen LogP contribution < -0.4 is 9.64 Å².